The third kappa shape index (κ3) is 1.86. The molecular formula is C12H20N2O2. The summed E-state index contributed by atoms with van der Waals surface area (Å²) in [6, 6.07) is -0.283. The Balaban J connectivity index is 2.06. The number of carbonyl (C=O) groups excluding carboxylic acids is 2. The van der Waals surface area contributed by atoms with Gasteiger partial charge in [-0.2, -0.15) is 0 Å². The van der Waals surface area contributed by atoms with Gasteiger partial charge >= 0.3 is 0 Å². The molecule has 0 aromatic carbocycles. The van der Waals surface area contributed by atoms with Crippen LogP contribution in [0.5, 0.6) is 0 Å². The molecule has 2 fully saturated rings. The van der Waals surface area contributed by atoms with Crippen molar-refractivity contribution in [1.82, 2.24) is 10.2 Å². The summed E-state index contributed by atoms with van der Waals surface area (Å²) >= 11 is 0. The molecule has 4 heteroatoms. The molecule has 0 bridgehead atoms. The number of hydrogen-bond acceptors (Lipinski definition) is 3. The Morgan fingerprint density at radius 1 is 1.31 bits per heavy atom. The van der Waals surface area contributed by atoms with Crippen LogP contribution in [0.2, 0.25) is 0 Å². The summed E-state index contributed by atoms with van der Waals surface area (Å²) in [5.41, 5.74) is 0. The molecule has 1 N–H and O–H groups in total. The molecule has 2 aliphatic heterocycles. The highest BCUT2D eigenvalue weighted by Gasteiger charge is 2.39. The van der Waals surface area contributed by atoms with E-state index in [1.807, 2.05) is 6.92 Å². The first-order chi connectivity index (χ1) is 7.65. The Hall–Kier alpha value is -0.900. The zero-order valence-electron chi connectivity index (χ0n) is 9.98. The minimum absolute atomic E-state index is 0.0762. The van der Waals surface area contributed by atoms with E-state index in [1.165, 1.54) is 0 Å². The normalized spacial score (nSPS) is 39.0. The van der Waals surface area contributed by atoms with Crippen molar-refractivity contribution in [2.45, 2.75) is 38.8 Å². The molecule has 4 nitrogen and oxygen atoms in total. The van der Waals surface area contributed by atoms with Gasteiger partial charge in [0.05, 0.1) is 12.1 Å². The second-order valence-electron chi connectivity index (χ2n) is 5.12. The molecule has 0 aliphatic carbocycles. The van der Waals surface area contributed by atoms with Crippen molar-refractivity contribution in [3.8, 4) is 0 Å². The highest BCUT2D eigenvalue weighted by molar-refractivity contribution is 5.85. The van der Waals surface area contributed by atoms with Gasteiger partial charge in [0.15, 0.2) is 0 Å². The molecule has 2 rings (SSSR count). The average molecular weight is 224 g/mol. The van der Waals surface area contributed by atoms with Crippen molar-refractivity contribution in [3.05, 3.63) is 0 Å². The van der Waals surface area contributed by atoms with Crippen LogP contribution in [-0.4, -0.2) is 42.3 Å². The molecule has 0 aromatic heterocycles. The zero-order valence-corrected chi connectivity index (χ0v) is 9.98. The number of amides is 1. The van der Waals surface area contributed by atoms with E-state index in [9.17, 15) is 9.59 Å². The second-order valence-corrected chi connectivity index (χ2v) is 5.12. The van der Waals surface area contributed by atoms with Crippen LogP contribution < -0.4 is 5.32 Å². The fourth-order valence-electron chi connectivity index (χ4n) is 2.78. The van der Waals surface area contributed by atoms with Gasteiger partial charge in [-0.1, -0.05) is 13.8 Å². The van der Waals surface area contributed by atoms with E-state index in [4.69, 9.17) is 0 Å². The first kappa shape index (κ1) is 11.6. The highest BCUT2D eigenvalue weighted by Crippen LogP contribution is 2.25. The third-order valence-electron chi connectivity index (χ3n) is 3.99. The molecule has 2 unspecified atom stereocenters. The number of hydrogen-bond donors (Lipinski definition) is 1. The lowest BCUT2D eigenvalue weighted by Crippen LogP contribution is -2.49. The Bertz CT molecular complexity index is 293. The largest absolute Gasteiger partial charge is 0.331 e. The molecule has 0 aromatic rings. The van der Waals surface area contributed by atoms with Crippen molar-refractivity contribution >= 4 is 12.2 Å². The van der Waals surface area contributed by atoms with E-state index in [2.05, 4.69) is 12.2 Å². The summed E-state index contributed by atoms with van der Waals surface area (Å²) in [6.45, 7) is 5.77. The molecule has 4 atom stereocenters. The van der Waals surface area contributed by atoms with Crippen molar-refractivity contribution in [2.24, 2.45) is 11.8 Å². The molecule has 0 radical (unpaired) electrons. The van der Waals surface area contributed by atoms with Gasteiger partial charge in [0.2, 0.25) is 5.91 Å². The average Bonchev–Trinajstić information content (AvgIpc) is 2.83. The van der Waals surface area contributed by atoms with Gasteiger partial charge in [-0.15, -0.1) is 0 Å². The third-order valence-corrected chi connectivity index (χ3v) is 3.99. The summed E-state index contributed by atoms with van der Waals surface area (Å²) in [7, 11) is 0. The topological polar surface area (TPSA) is 49.4 Å². The van der Waals surface area contributed by atoms with Gasteiger partial charge in [-0.25, -0.2) is 0 Å². The number of nitrogens with one attached hydrogen (secondary N) is 1. The van der Waals surface area contributed by atoms with Crippen LogP contribution in [0.4, 0.5) is 0 Å². The molecule has 2 heterocycles. The van der Waals surface area contributed by atoms with Gasteiger partial charge in [-0.3, -0.25) is 4.79 Å². The fraction of sp³-hybridized carbons (Fsp3) is 0.833. The molecule has 1 amide bonds. The minimum atomic E-state index is -0.206. The van der Waals surface area contributed by atoms with Crippen molar-refractivity contribution in [1.29, 1.82) is 0 Å². The number of carbonyl (C=O) groups is 2. The molecule has 2 saturated heterocycles. The fourth-order valence-corrected chi connectivity index (χ4v) is 2.78. The predicted octanol–water partition coefficient (Wildman–Crippen LogP) is 0.420. The van der Waals surface area contributed by atoms with Crippen LogP contribution in [0.25, 0.3) is 0 Å². The molecule has 0 spiro atoms. The number of rotatable bonds is 2. The summed E-state index contributed by atoms with van der Waals surface area (Å²) < 4.78 is 0. The lowest BCUT2D eigenvalue weighted by atomic mass is 10.0. The van der Waals surface area contributed by atoms with Gasteiger partial charge in [0, 0.05) is 6.54 Å². The maximum atomic E-state index is 12.3. The van der Waals surface area contributed by atoms with E-state index in [1.54, 1.807) is 4.90 Å². The van der Waals surface area contributed by atoms with Crippen LogP contribution in [0.3, 0.4) is 0 Å². The Kier molecular flexibility index (Phi) is 3.28. The smallest absolute Gasteiger partial charge is 0.240 e. The van der Waals surface area contributed by atoms with Crippen LogP contribution >= 0.6 is 0 Å². The van der Waals surface area contributed by atoms with E-state index in [0.717, 1.165) is 32.2 Å². The van der Waals surface area contributed by atoms with Crippen LogP contribution in [0, 0.1) is 11.8 Å². The van der Waals surface area contributed by atoms with Crippen molar-refractivity contribution < 1.29 is 9.59 Å². The van der Waals surface area contributed by atoms with E-state index < -0.39 is 0 Å². The molecular weight excluding hydrogens is 204 g/mol. The molecule has 16 heavy (non-hydrogen) atoms. The van der Waals surface area contributed by atoms with Crippen LogP contribution in [0.1, 0.15) is 26.7 Å². The van der Waals surface area contributed by atoms with Gasteiger partial charge in [0.25, 0.3) is 0 Å². The lowest BCUT2D eigenvalue weighted by Gasteiger charge is -2.27. The Morgan fingerprint density at radius 2 is 2.06 bits per heavy atom. The SMILES string of the molecule is CC1CCNC1C(=O)N1CC[C@@H](C)[C@H]1C=O. The Labute approximate surface area is 96.4 Å². The maximum Gasteiger partial charge on any atom is 0.240 e. The van der Waals surface area contributed by atoms with E-state index in [-0.39, 0.29) is 18.0 Å². The first-order valence-corrected chi connectivity index (χ1v) is 6.14. The monoisotopic (exact) mass is 224 g/mol. The van der Waals surface area contributed by atoms with Crippen molar-refractivity contribution in [2.75, 3.05) is 13.1 Å². The number of aldehydes is 1. The van der Waals surface area contributed by atoms with Gasteiger partial charge in [-0.05, 0) is 31.2 Å². The zero-order chi connectivity index (χ0) is 11.7. The molecule has 2 aliphatic rings. The predicted molar refractivity (Wildman–Crippen MR) is 60.9 cm³/mol. The van der Waals surface area contributed by atoms with Crippen LogP contribution in [0.15, 0.2) is 0 Å². The van der Waals surface area contributed by atoms with E-state index >= 15 is 0 Å². The summed E-state index contributed by atoms with van der Waals surface area (Å²) in [5, 5.41) is 3.24. The first-order valence-electron chi connectivity index (χ1n) is 6.14. The number of nitrogens with zero attached hydrogens (tertiary/aromatic N) is 1. The van der Waals surface area contributed by atoms with Crippen LogP contribution in [-0.2, 0) is 9.59 Å². The van der Waals surface area contributed by atoms with Gasteiger partial charge in [0.1, 0.15) is 6.29 Å². The summed E-state index contributed by atoms with van der Waals surface area (Å²) in [4.78, 5) is 25.1. The Morgan fingerprint density at radius 3 is 2.62 bits per heavy atom. The number of likely N-dealkylation sites (tertiary alicyclic amines) is 1. The van der Waals surface area contributed by atoms with Gasteiger partial charge < -0.3 is 15.0 Å². The molecule has 90 valence electrons. The standard InChI is InChI=1S/C12H20N2O2/c1-8-4-6-14(10(8)7-15)12(16)11-9(2)3-5-13-11/h7-11,13H,3-6H2,1-2H3/t8-,9?,10-,11?/m1/s1. The van der Waals surface area contributed by atoms with Crippen molar-refractivity contribution in [3.63, 3.8) is 0 Å². The second kappa shape index (κ2) is 4.53. The lowest BCUT2D eigenvalue weighted by molar-refractivity contribution is -0.137. The quantitative estimate of drug-likeness (QED) is 0.692. The van der Waals surface area contributed by atoms with E-state index in [0.29, 0.717) is 11.8 Å². The summed E-state index contributed by atoms with van der Waals surface area (Å²) in [6.07, 6.45) is 2.91. The highest BCUT2D eigenvalue weighted by atomic mass is 16.2. The maximum absolute atomic E-state index is 12.3. The molecule has 0 saturated carbocycles. The minimum Gasteiger partial charge on any atom is -0.331 e. The summed E-state index contributed by atoms with van der Waals surface area (Å²) in [5.74, 6) is 0.806.